The molecule has 1 aliphatic rings. The molecule has 0 radical (unpaired) electrons. The van der Waals surface area contributed by atoms with Gasteiger partial charge in [-0.1, -0.05) is 58.5 Å². The highest BCUT2D eigenvalue weighted by Crippen LogP contribution is 2.35. The fraction of sp³-hybridized carbons (Fsp3) is 0.560. The van der Waals surface area contributed by atoms with Crippen LogP contribution >= 0.6 is 0 Å². The van der Waals surface area contributed by atoms with Gasteiger partial charge in [-0.2, -0.15) is 0 Å². The van der Waals surface area contributed by atoms with E-state index < -0.39 is 8.07 Å². The Bertz CT molecular complexity index is 808. The summed E-state index contributed by atoms with van der Waals surface area (Å²) in [6.07, 6.45) is 9.17. The quantitative estimate of drug-likeness (QED) is 0.450. The maximum Gasteiger partial charge on any atom is 0.212 e. The van der Waals surface area contributed by atoms with Crippen LogP contribution in [0.25, 0.3) is 11.3 Å². The predicted molar refractivity (Wildman–Crippen MR) is 121 cm³/mol. The summed E-state index contributed by atoms with van der Waals surface area (Å²) in [6.45, 7) is 14.4. The third-order valence-corrected chi connectivity index (χ3v) is 8.16. The summed E-state index contributed by atoms with van der Waals surface area (Å²) in [7, 11) is 0.874. The number of aromatic nitrogens is 1. The Morgan fingerprint density at radius 2 is 1.74 bits per heavy atom. The van der Waals surface area contributed by atoms with Crippen LogP contribution in [0.15, 0.2) is 30.5 Å². The highest BCUT2D eigenvalue weighted by Gasteiger charge is 2.31. The number of benzene rings is 1. The van der Waals surface area contributed by atoms with E-state index in [-0.39, 0.29) is 0 Å². The Labute approximate surface area is 167 Å². The second-order valence-corrected chi connectivity index (χ2v) is 15.2. The van der Waals surface area contributed by atoms with Crippen molar-refractivity contribution in [3.05, 3.63) is 47.2 Å². The second kappa shape index (κ2) is 7.91. The van der Waals surface area contributed by atoms with Crippen molar-refractivity contribution in [2.24, 2.45) is 13.0 Å². The van der Waals surface area contributed by atoms with Crippen molar-refractivity contribution in [1.82, 2.24) is 0 Å². The van der Waals surface area contributed by atoms with E-state index in [4.69, 9.17) is 0 Å². The Hall–Kier alpha value is -1.41. The second-order valence-electron chi connectivity index (χ2n) is 10.1. The van der Waals surface area contributed by atoms with Gasteiger partial charge in [0.1, 0.15) is 7.05 Å². The molecule has 1 saturated carbocycles. The molecule has 0 atom stereocenters. The standard InChI is InChI=1S/C25H38NSi/c1-18(2)14-20-13-12-19(3)22(15-20)24-16-23(21-10-8-9-11-21)25(17-26(24)4)27(5,6)7/h12-13,15-18,21H,8-11,14H2,1-7H3/q+1. The van der Waals surface area contributed by atoms with Crippen molar-refractivity contribution in [2.45, 2.75) is 78.4 Å². The number of aryl methyl sites for hydroxylation is 2. The van der Waals surface area contributed by atoms with Crippen molar-refractivity contribution in [1.29, 1.82) is 0 Å². The highest BCUT2D eigenvalue weighted by molar-refractivity contribution is 6.89. The van der Waals surface area contributed by atoms with E-state index in [1.807, 2.05) is 0 Å². The zero-order valence-electron chi connectivity index (χ0n) is 18.5. The third kappa shape index (κ3) is 4.54. The lowest BCUT2D eigenvalue weighted by atomic mass is 9.93. The van der Waals surface area contributed by atoms with Crippen LogP contribution in [0.2, 0.25) is 19.6 Å². The normalized spacial score (nSPS) is 15.7. The summed E-state index contributed by atoms with van der Waals surface area (Å²) in [4.78, 5) is 0. The van der Waals surface area contributed by atoms with Crippen LogP contribution in [-0.2, 0) is 13.5 Å². The van der Waals surface area contributed by atoms with Gasteiger partial charge in [0.05, 0.1) is 8.07 Å². The molecule has 2 heteroatoms. The Balaban J connectivity index is 2.15. The van der Waals surface area contributed by atoms with Crippen LogP contribution in [0.1, 0.15) is 62.1 Å². The molecule has 27 heavy (non-hydrogen) atoms. The lowest BCUT2D eigenvalue weighted by Gasteiger charge is -2.23. The fourth-order valence-electron chi connectivity index (χ4n) is 4.68. The molecule has 3 rings (SSSR count). The van der Waals surface area contributed by atoms with Gasteiger partial charge in [-0.05, 0) is 60.8 Å². The van der Waals surface area contributed by atoms with Gasteiger partial charge < -0.3 is 0 Å². The highest BCUT2D eigenvalue weighted by atomic mass is 28.3. The summed E-state index contributed by atoms with van der Waals surface area (Å²) in [5.41, 5.74) is 7.31. The largest absolute Gasteiger partial charge is 0.212 e. The van der Waals surface area contributed by atoms with Crippen molar-refractivity contribution >= 4 is 13.3 Å². The molecule has 0 aliphatic heterocycles. The van der Waals surface area contributed by atoms with Crippen LogP contribution in [0, 0.1) is 12.8 Å². The summed E-state index contributed by atoms with van der Waals surface area (Å²) in [5.74, 6) is 1.46. The molecular weight excluding hydrogens is 342 g/mol. The molecule has 1 aliphatic carbocycles. The molecule has 1 fully saturated rings. The van der Waals surface area contributed by atoms with Crippen LogP contribution < -0.4 is 9.75 Å². The molecule has 0 amide bonds. The van der Waals surface area contributed by atoms with E-state index >= 15 is 0 Å². The molecule has 2 aromatic rings. The fourth-order valence-corrected chi connectivity index (χ4v) is 6.40. The van der Waals surface area contributed by atoms with Crippen molar-refractivity contribution in [3.8, 4) is 11.3 Å². The van der Waals surface area contributed by atoms with Gasteiger partial charge in [0.25, 0.3) is 0 Å². The molecular formula is C25H38NSi+. The Morgan fingerprint density at radius 3 is 2.33 bits per heavy atom. The molecule has 1 heterocycles. The molecule has 0 spiro atoms. The average molecular weight is 381 g/mol. The monoisotopic (exact) mass is 380 g/mol. The minimum Gasteiger partial charge on any atom is -0.201 e. The molecule has 0 unspecified atom stereocenters. The van der Waals surface area contributed by atoms with E-state index in [2.05, 4.69) is 82.5 Å². The van der Waals surface area contributed by atoms with Crippen LogP contribution in [0.4, 0.5) is 0 Å². The first-order chi connectivity index (χ1) is 12.7. The minimum absolute atomic E-state index is 0.692. The van der Waals surface area contributed by atoms with E-state index in [1.54, 1.807) is 10.8 Å². The van der Waals surface area contributed by atoms with Crippen LogP contribution in [0.5, 0.6) is 0 Å². The first-order valence-electron chi connectivity index (χ1n) is 10.8. The summed E-state index contributed by atoms with van der Waals surface area (Å²) in [6, 6.07) is 9.63. The Morgan fingerprint density at radius 1 is 1.07 bits per heavy atom. The molecule has 0 N–H and O–H groups in total. The van der Waals surface area contributed by atoms with E-state index in [9.17, 15) is 0 Å². The number of nitrogens with zero attached hydrogens (tertiary/aromatic N) is 1. The van der Waals surface area contributed by atoms with Crippen molar-refractivity contribution < 1.29 is 4.57 Å². The lowest BCUT2D eigenvalue weighted by molar-refractivity contribution is -0.659. The van der Waals surface area contributed by atoms with Gasteiger partial charge in [0.15, 0.2) is 6.20 Å². The van der Waals surface area contributed by atoms with Gasteiger partial charge in [-0.15, -0.1) is 0 Å². The van der Waals surface area contributed by atoms with Gasteiger partial charge >= 0.3 is 0 Å². The number of rotatable bonds is 5. The van der Waals surface area contributed by atoms with E-state index in [0.717, 1.165) is 12.3 Å². The Kier molecular flexibility index (Phi) is 5.95. The first kappa shape index (κ1) is 20.3. The molecule has 146 valence electrons. The molecule has 1 aromatic heterocycles. The van der Waals surface area contributed by atoms with Gasteiger partial charge in [-0.3, -0.25) is 0 Å². The maximum absolute atomic E-state index is 2.56. The minimum atomic E-state index is -1.37. The zero-order chi connectivity index (χ0) is 19.8. The van der Waals surface area contributed by atoms with Crippen molar-refractivity contribution in [2.75, 3.05) is 0 Å². The SMILES string of the molecule is Cc1ccc(CC(C)C)cc1-c1cc(C2CCCC2)c([Si](C)(C)C)c[n+]1C. The molecule has 1 nitrogen and oxygen atoms in total. The summed E-state index contributed by atoms with van der Waals surface area (Å²) >= 11 is 0. The number of hydrogen-bond donors (Lipinski definition) is 0. The number of hydrogen-bond acceptors (Lipinski definition) is 0. The topological polar surface area (TPSA) is 3.88 Å². The van der Waals surface area contributed by atoms with E-state index in [1.165, 1.54) is 48.1 Å². The first-order valence-corrected chi connectivity index (χ1v) is 14.3. The zero-order valence-corrected chi connectivity index (χ0v) is 19.5. The summed E-state index contributed by atoms with van der Waals surface area (Å²) in [5, 5.41) is 1.66. The van der Waals surface area contributed by atoms with Crippen LogP contribution in [0.3, 0.4) is 0 Å². The predicted octanol–water partition coefficient (Wildman–Crippen LogP) is 5.89. The van der Waals surface area contributed by atoms with Crippen molar-refractivity contribution in [3.63, 3.8) is 0 Å². The maximum atomic E-state index is 2.56. The van der Waals surface area contributed by atoms with Gasteiger partial charge in [0.2, 0.25) is 5.69 Å². The average Bonchev–Trinajstić information content (AvgIpc) is 3.10. The lowest BCUT2D eigenvalue weighted by Crippen LogP contribution is -2.47. The summed E-state index contributed by atoms with van der Waals surface area (Å²) < 4.78 is 2.40. The van der Waals surface area contributed by atoms with Gasteiger partial charge in [0, 0.05) is 16.8 Å². The third-order valence-electron chi connectivity index (χ3n) is 6.13. The van der Waals surface area contributed by atoms with Crippen LogP contribution in [-0.4, -0.2) is 8.07 Å². The smallest absolute Gasteiger partial charge is 0.201 e. The molecule has 0 bridgehead atoms. The van der Waals surface area contributed by atoms with E-state index in [0.29, 0.717) is 5.92 Å². The van der Waals surface area contributed by atoms with Gasteiger partial charge in [-0.25, -0.2) is 4.57 Å². The molecule has 1 aromatic carbocycles. The molecule has 0 saturated heterocycles. The number of pyridine rings is 1.